The lowest BCUT2D eigenvalue weighted by Gasteiger charge is -2.11. The third-order valence-electron chi connectivity index (χ3n) is 1.68. The third kappa shape index (κ3) is 5.01. The minimum Gasteiger partial charge on any atom is -0.480 e. The SMILES string of the molecule is CC(=O)N[C@@H](CSc1ccc(Cl)nn1)C(=O)O. The van der Waals surface area contributed by atoms with Crippen molar-refractivity contribution in [3.8, 4) is 0 Å². The molecule has 0 saturated heterocycles. The molecule has 0 bridgehead atoms. The molecule has 1 atom stereocenters. The molecular formula is C9H10ClN3O3S. The van der Waals surface area contributed by atoms with Gasteiger partial charge in [-0.3, -0.25) is 4.79 Å². The van der Waals surface area contributed by atoms with E-state index in [0.29, 0.717) is 5.03 Å². The minimum absolute atomic E-state index is 0.172. The molecule has 1 amide bonds. The first-order valence-corrected chi connectivity index (χ1v) is 5.97. The summed E-state index contributed by atoms with van der Waals surface area (Å²) in [5, 5.41) is 19.4. The van der Waals surface area contributed by atoms with Gasteiger partial charge in [-0.2, -0.15) is 0 Å². The van der Waals surface area contributed by atoms with Crippen LogP contribution in [0.2, 0.25) is 5.15 Å². The van der Waals surface area contributed by atoms with Gasteiger partial charge in [0.05, 0.1) is 0 Å². The monoisotopic (exact) mass is 275 g/mol. The summed E-state index contributed by atoms with van der Waals surface area (Å²) in [7, 11) is 0. The number of carboxylic acid groups (broad SMARTS) is 1. The fourth-order valence-corrected chi connectivity index (χ4v) is 1.90. The van der Waals surface area contributed by atoms with Crippen LogP contribution in [0.5, 0.6) is 0 Å². The third-order valence-corrected chi connectivity index (χ3v) is 2.90. The van der Waals surface area contributed by atoms with Gasteiger partial charge in [0.2, 0.25) is 5.91 Å². The predicted molar refractivity (Wildman–Crippen MR) is 63.0 cm³/mol. The molecule has 0 unspecified atom stereocenters. The smallest absolute Gasteiger partial charge is 0.327 e. The zero-order valence-corrected chi connectivity index (χ0v) is 10.5. The van der Waals surface area contributed by atoms with E-state index in [-0.39, 0.29) is 16.8 Å². The molecule has 17 heavy (non-hydrogen) atoms. The van der Waals surface area contributed by atoms with Crippen molar-refractivity contribution in [3.05, 3.63) is 17.3 Å². The highest BCUT2D eigenvalue weighted by atomic mass is 35.5. The van der Waals surface area contributed by atoms with Crippen LogP contribution in [-0.2, 0) is 9.59 Å². The molecule has 6 nitrogen and oxygen atoms in total. The number of thioether (sulfide) groups is 1. The standard InChI is InChI=1S/C9H10ClN3O3S/c1-5(14)11-6(9(15)16)4-17-8-3-2-7(10)12-13-8/h2-3,6H,4H2,1H3,(H,11,14)(H,15,16)/t6-/m0/s1. The highest BCUT2D eigenvalue weighted by Gasteiger charge is 2.18. The van der Waals surface area contributed by atoms with E-state index in [4.69, 9.17) is 16.7 Å². The molecule has 0 radical (unpaired) electrons. The average Bonchev–Trinajstić information content (AvgIpc) is 2.25. The maximum absolute atomic E-state index is 10.8. The first-order chi connectivity index (χ1) is 7.99. The van der Waals surface area contributed by atoms with Gasteiger partial charge in [0.15, 0.2) is 5.15 Å². The molecule has 1 aromatic rings. The Morgan fingerprint density at radius 1 is 1.53 bits per heavy atom. The molecule has 8 heteroatoms. The maximum Gasteiger partial charge on any atom is 0.327 e. The van der Waals surface area contributed by atoms with Crippen LogP contribution < -0.4 is 5.32 Å². The average molecular weight is 276 g/mol. The Kier molecular flexibility index (Phi) is 5.17. The summed E-state index contributed by atoms with van der Waals surface area (Å²) in [4.78, 5) is 21.6. The summed E-state index contributed by atoms with van der Waals surface area (Å²) < 4.78 is 0. The lowest BCUT2D eigenvalue weighted by Crippen LogP contribution is -2.41. The van der Waals surface area contributed by atoms with Crippen molar-refractivity contribution in [1.29, 1.82) is 0 Å². The van der Waals surface area contributed by atoms with E-state index in [1.54, 1.807) is 12.1 Å². The molecule has 1 heterocycles. The molecule has 0 spiro atoms. The Balaban J connectivity index is 2.54. The van der Waals surface area contributed by atoms with E-state index < -0.39 is 12.0 Å². The Hall–Kier alpha value is -1.34. The number of rotatable bonds is 5. The summed E-state index contributed by atoms with van der Waals surface area (Å²) in [6.45, 7) is 1.27. The number of amides is 1. The number of carboxylic acids is 1. The first-order valence-electron chi connectivity index (χ1n) is 4.61. The van der Waals surface area contributed by atoms with Crippen molar-refractivity contribution in [2.75, 3.05) is 5.75 Å². The fraction of sp³-hybridized carbons (Fsp3) is 0.333. The maximum atomic E-state index is 10.8. The van der Waals surface area contributed by atoms with Crippen LogP contribution in [0.15, 0.2) is 17.2 Å². The zero-order chi connectivity index (χ0) is 12.8. The number of aliphatic carboxylic acids is 1. The van der Waals surface area contributed by atoms with Gasteiger partial charge < -0.3 is 10.4 Å². The number of carbonyl (C=O) groups is 2. The number of hydrogen-bond acceptors (Lipinski definition) is 5. The number of hydrogen-bond donors (Lipinski definition) is 2. The van der Waals surface area contributed by atoms with Crippen LogP contribution in [-0.4, -0.2) is 39.0 Å². The normalized spacial score (nSPS) is 11.9. The van der Waals surface area contributed by atoms with Gasteiger partial charge in [-0.05, 0) is 12.1 Å². The number of aromatic nitrogens is 2. The van der Waals surface area contributed by atoms with Crippen molar-refractivity contribution in [1.82, 2.24) is 15.5 Å². The van der Waals surface area contributed by atoms with Crippen molar-refractivity contribution in [2.24, 2.45) is 0 Å². The number of carbonyl (C=O) groups excluding carboxylic acids is 1. The van der Waals surface area contributed by atoms with E-state index in [0.717, 1.165) is 0 Å². The van der Waals surface area contributed by atoms with E-state index >= 15 is 0 Å². The lowest BCUT2D eigenvalue weighted by molar-refractivity contribution is -0.140. The predicted octanol–water partition coefficient (Wildman–Crippen LogP) is 0.811. The van der Waals surface area contributed by atoms with Gasteiger partial charge >= 0.3 is 5.97 Å². The topological polar surface area (TPSA) is 92.2 Å². The molecule has 0 aliphatic carbocycles. The Morgan fingerprint density at radius 3 is 2.71 bits per heavy atom. The quantitative estimate of drug-likeness (QED) is 0.773. The second kappa shape index (κ2) is 6.41. The Bertz CT molecular complexity index is 412. The van der Waals surface area contributed by atoms with Crippen LogP contribution in [0.3, 0.4) is 0 Å². The highest BCUT2D eigenvalue weighted by Crippen LogP contribution is 2.16. The summed E-state index contributed by atoms with van der Waals surface area (Å²) in [6.07, 6.45) is 0. The van der Waals surface area contributed by atoms with E-state index in [2.05, 4.69) is 15.5 Å². The fourth-order valence-electron chi connectivity index (χ4n) is 0.970. The molecule has 1 rings (SSSR count). The van der Waals surface area contributed by atoms with Gasteiger partial charge in [0.25, 0.3) is 0 Å². The van der Waals surface area contributed by atoms with Gasteiger partial charge in [0.1, 0.15) is 11.1 Å². The molecule has 1 aromatic heterocycles. The van der Waals surface area contributed by atoms with Crippen molar-refractivity contribution >= 4 is 35.2 Å². The lowest BCUT2D eigenvalue weighted by atomic mass is 10.3. The summed E-state index contributed by atoms with van der Waals surface area (Å²) >= 11 is 6.74. The largest absolute Gasteiger partial charge is 0.480 e. The summed E-state index contributed by atoms with van der Waals surface area (Å²) in [6, 6.07) is 2.24. The zero-order valence-electron chi connectivity index (χ0n) is 8.88. The van der Waals surface area contributed by atoms with Crippen LogP contribution >= 0.6 is 23.4 Å². The van der Waals surface area contributed by atoms with Crippen molar-refractivity contribution < 1.29 is 14.7 Å². The van der Waals surface area contributed by atoms with Crippen LogP contribution in [0, 0.1) is 0 Å². The molecule has 0 aromatic carbocycles. The van der Waals surface area contributed by atoms with Gasteiger partial charge in [0, 0.05) is 12.7 Å². The van der Waals surface area contributed by atoms with Gasteiger partial charge in [-0.1, -0.05) is 11.6 Å². The molecule has 0 aliphatic heterocycles. The van der Waals surface area contributed by atoms with Crippen LogP contribution in [0.1, 0.15) is 6.92 Å². The summed E-state index contributed by atoms with van der Waals surface area (Å²) in [5.41, 5.74) is 0. The van der Waals surface area contributed by atoms with E-state index in [1.807, 2.05) is 0 Å². The highest BCUT2D eigenvalue weighted by molar-refractivity contribution is 7.99. The van der Waals surface area contributed by atoms with Crippen LogP contribution in [0.25, 0.3) is 0 Å². The molecule has 2 N–H and O–H groups in total. The molecule has 0 fully saturated rings. The van der Waals surface area contributed by atoms with E-state index in [1.165, 1.54) is 18.7 Å². The molecule has 92 valence electrons. The number of nitrogens with zero attached hydrogens (tertiary/aromatic N) is 2. The summed E-state index contributed by atoms with van der Waals surface area (Å²) in [5.74, 6) is -1.31. The Morgan fingerprint density at radius 2 is 2.24 bits per heavy atom. The second-order valence-electron chi connectivity index (χ2n) is 3.10. The minimum atomic E-state index is -1.09. The second-order valence-corrected chi connectivity index (χ2v) is 4.52. The van der Waals surface area contributed by atoms with Gasteiger partial charge in [-0.15, -0.1) is 22.0 Å². The van der Waals surface area contributed by atoms with Crippen LogP contribution in [0.4, 0.5) is 0 Å². The molecular weight excluding hydrogens is 266 g/mol. The first kappa shape index (κ1) is 13.7. The van der Waals surface area contributed by atoms with Crippen molar-refractivity contribution in [3.63, 3.8) is 0 Å². The van der Waals surface area contributed by atoms with Crippen molar-refractivity contribution in [2.45, 2.75) is 18.0 Å². The number of halogens is 1. The Labute approximate surface area is 107 Å². The van der Waals surface area contributed by atoms with Gasteiger partial charge in [-0.25, -0.2) is 4.79 Å². The number of nitrogens with one attached hydrogen (secondary N) is 1. The molecule has 0 saturated carbocycles. The molecule has 0 aliphatic rings. The van der Waals surface area contributed by atoms with E-state index in [9.17, 15) is 9.59 Å².